The Morgan fingerprint density at radius 1 is 1.31 bits per heavy atom. The van der Waals surface area contributed by atoms with Crippen LogP contribution in [0.25, 0.3) is 0 Å². The average molecular weight is 227 g/mol. The van der Waals surface area contributed by atoms with Crippen LogP contribution in [0.1, 0.15) is 17.6 Å². The lowest BCUT2D eigenvalue weighted by Gasteiger charge is -2.13. The largest absolute Gasteiger partial charge is 0.493 e. The molecule has 0 radical (unpaired) electrons. The van der Waals surface area contributed by atoms with Crippen molar-refractivity contribution < 1.29 is 18.3 Å². The molecule has 0 bridgehead atoms. The highest BCUT2D eigenvalue weighted by Gasteiger charge is 2.16. The third-order valence-corrected chi connectivity index (χ3v) is 2.10. The first-order valence-corrected chi connectivity index (χ1v) is 4.54. The number of hydrogen-bond donors (Lipinski definition) is 0. The Morgan fingerprint density at radius 2 is 2.00 bits per heavy atom. The number of methoxy groups -OCH3 is 2. The van der Waals surface area contributed by atoms with Crippen LogP contribution in [0.5, 0.6) is 11.5 Å². The molecule has 0 aliphatic carbocycles. The zero-order chi connectivity index (χ0) is 12.1. The van der Waals surface area contributed by atoms with Gasteiger partial charge in [0.1, 0.15) is 0 Å². The van der Waals surface area contributed by atoms with Gasteiger partial charge in [-0.3, -0.25) is 0 Å². The van der Waals surface area contributed by atoms with Crippen LogP contribution < -0.4 is 9.47 Å². The zero-order valence-electron chi connectivity index (χ0n) is 8.96. The van der Waals surface area contributed by atoms with Gasteiger partial charge in [-0.2, -0.15) is 5.26 Å². The van der Waals surface area contributed by atoms with Gasteiger partial charge in [-0.25, -0.2) is 8.78 Å². The third kappa shape index (κ3) is 2.40. The van der Waals surface area contributed by atoms with E-state index in [1.54, 1.807) is 0 Å². The average Bonchev–Trinajstić information content (AvgIpc) is 2.28. The van der Waals surface area contributed by atoms with E-state index >= 15 is 0 Å². The monoisotopic (exact) mass is 227 g/mol. The molecule has 0 heterocycles. The van der Waals surface area contributed by atoms with Gasteiger partial charge in [-0.05, 0) is 12.1 Å². The number of hydrogen-bond acceptors (Lipinski definition) is 3. The number of nitriles is 1. The summed E-state index contributed by atoms with van der Waals surface area (Å²) >= 11 is 0. The lowest BCUT2D eigenvalue weighted by molar-refractivity contribution is 0.150. The Kier molecular flexibility index (Phi) is 4.06. The molecule has 0 atom stereocenters. The predicted molar refractivity (Wildman–Crippen MR) is 53.8 cm³/mol. The summed E-state index contributed by atoms with van der Waals surface area (Å²) < 4.78 is 35.1. The van der Waals surface area contributed by atoms with Gasteiger partial charge < -0.3 is 9.47 Å². The lowest BCUT2D eigenvalue weighted by atomic mass is 10.1. The number of nitrogens with zero attached hydrogens (tertiary/aromatic N) is 1. The highest BCUT2D eigenvalue weighted by molar-refractivity contribution is 5.50. The van der Waals surface area contributed by atoms with Crippen LogP contribution in [0.2, 0.25) is 0 Å². The Balaban J connectivity index is 3.32. The molecule has 1 rings (SSSR count). The number of benzene rings is 1. The quantitative estimate of drug-likeness (QED) is 0.794. The van der Waals surface area contributed by atoms with Crippen molar-refractivity contribution >= 4 is 0 Å². The van der Waals surface area contributed by atoms with E-state index in [2.05, 4.69) is 0 Å². The second kappa shape index (κ2) is 5.31. The van der Waals surface area contributed by atoms with E-state index in [1.807, 2.05) is 6.07 Å². The Morgan fingerprint density at radius 3 is 2.44 bits per heavy atom. The first kappa shape index (κ1) is 12.2. The molecule has 0 fully saturated rings. The minimum absolute atomic E-state index is 0.0000926. The number of ether oxygens (including phenoxy) is 2. The minimum Gasteiger partial charge on any atom is -0.493 e. The predicted octanol–water partition coefficient (Wildman–Crippen LogP) is 2.71. The molecule has 3 nitrogen and oxygen atoms in total. The summed E-state index contributed by atoms with van der Waals surface area (Å²) in [6.45, 7) is 0. The SMILES string of the molecule is COc1cc(C(F)F)cc(CC#N)c1OC. The van der Waals surface area contributed by atoms with Crippen molar-refractivity contribution in [2.24, 2.45) is 0 Å². The van der Waals surface area contributed by atoms with Gasteiger partial charge >= 0.3 is 0 Å². The van der Waals surface area contributed by atoms with E-state index in [-0.39, 0.29) is 17.7 Å². The Hall–Kier alpha value is -1.83. The second-order valence-corrected chi connectivity index (χ2v) is 3.05. The summed E-state index contributed by atoms with van der Waals surface area (Å²) in [5.74, 6) is 0.541. The molecule has 0 amide bonds. The van der Waals surface area contributed by atoms with Crippen molar-refractivity contribution in [1.82, 2.24) is 0 Å². The van der Waals surface area contributed by atoms with E-state index in [9.17, 15) is 8.78 Å². The molecule has 0 N–H and O–H groups in total. The van der Waals surface area contributed by atoms with Crippen LogP contribution in [0.3, 0.4) is 0 Å². The van der Waals surface area contributed by atoms with Crippen LogP contribution in [0.15, 0.2) is 12.1 Å². The molecule has 1 aromatic carbocycles. The van der Waals surface area contributed by atoms with E-state index in [1.165, 1.54) is 26.4 Å². The normalized spacial score (nSPS) is 10.0. The number of halogens is 2. The summed E-state index contributed by atoms with van der Waals surface area (Å²) in [6, 6.07) is 4.37. The first-order valence-electron chi connectivity index (χ1n) is 4.54. The fourth-order valence-electron chi connectivity index (χ4n) is 1.41. The molecule has 0 aromatic heterocycles. The molecule has 1 aromatic rings. The van der Waals surface area contributed by atoms with Crippen LogP contribution in [0, 0.1) is 11.3 Å². The smallest absolute Gasteiger partial charge is 0.263 e. The van der Waals surface area contributed by atoms with Crippen LogP contribution in [-0.2, 0) is 6.42 Å². The zero-order valence-corrected chi connectivity index (χ0v) is 8.96. The molecule has 0 unspecified atom stereocenters. The molecule has 86 valence electrons. The van der Waals surface area contributed by atoms with Crippen molar-refractivity contribution in [2.75, 3.05) is 14.2 Å². The summed E-state index contributed by atoms with van der Waals surface area (Å²) in [5, 5.41) is 8.60. The molecular formula is C11H11F2NO2. The second-order valence-electron chi connectivity index (χ2n) is 3.05. The molecule has 0 spiro atoms. The van der Waals surface area contributed by atoms with Gasteiger partial charge in [0.05, 0.1) is 26.7 Å². The molecule has 0 aliphatic rings. The topological polar surface area (TPSA) is 42.2 Å². The molecule has 0 saturated carbocycles. The van der Waals surface area contributed by atoms with E-state index in [0.717, 1.165) is 0 Å². The summed E-state index contributed by atoms with van der Waals surface area (Å²) in [6.07, 6.45) is -2.60. The number of rotatable bonds is 4. The Bertz CT molecular complexity index is 413. The summed E-state index contributed by atoms with van der Waals surface area (Å²) in [5.41, 5.74) is 0.225. The van der Waals surface area contributed by atoms with E-state index in [4.69, 9.17) is 14.7 Å². The maximum Gasteiger partial charge on any atom is 0.263 e. The summed E-state index contributed by atoms with van der Waals surface area (Å²) in [7, 11) is 2.77. The van der Waals surface area contributed by atoms with Gasteiger partial charge in [0.2, 0.25) is 0 Å². The number of alkyl halides is 2. The van der Waals surface area contributed by atoms with Crippen molar-refractivity contribution in [2.45, 2.75) is 12.8 Å². The van der Waals surface area contributed by atoms with Gasteiger partial charge in [-0.15, -0.1) is 0 Å². The van der Waals surface area contributed by atoms with Crippen LogP contribution in [-0.4, -0.2) is 14.2 Å². The van der Waals surface area contributed by atoms with Crippen LogP contribution in [0.4, 0.5) is 8.78 Å². The fraction of sp³-hybridized carbons (Fsp3) is 0.364. The highest BCUT2D eigenvalue weighted by Crippen LogP contribution is 2.35. The van der Waals surface area contributed by atoms with Crippen molar-refractivity contribution in [3.8, 4) is 17.6 Å². The van der Waals surface area contributed by atoms with E-state index in [0.29, 0.717) is 11.3 Å². The van der Waals surface area contributed by atoms with Gasteiger partial charge in [-0.1, -0.05) is 0 Å². The van der Waals surface area contributed by atoms with Crippen molar-refractivity contribution in [3.05, 3.63) is 23.3 Å². The van der Waals surface area contributed by atoms with Gasteiger partial charge in [0, 0.05) is 11.1 Å². The third-order valence-electron chi connectivity index (χ3n) is 2.10. The fourth-order valence-corrected chi connectivity index (χ4v) is 1.41. The maximum absolute atomic E-state index is 12.6. The van der Waals surface area contributed by atoms with Gasteiger partial charge in [0.25, 0.3) is 6.43 Å². The minimum atomic E-state index is -2.60. The molecular weight excluding hydrogens is 216 g/mol. The molecule has 16 heavy (non-hydrogen) atoms. The molecule has 0 saturated heterocycles. The maximum atomic E-state index is 12.6. The summed E-state index contributed by atoms with van der Waals surface area (Å²) in [4.78, 5) is 0. The standard InChI is InChI=1S/C11H11F2NO2/c1-15-9-6-8(11(12)13)5-7(3-4-14)10(9)16-2/h5-6,11H,3H2,1-2H3. The van der Waals surface area contributed by atoms with Crippen LogP contribution >= 0.6 is 0 Å². The first-order chi connectivity index (χ1) is 7.63. The van der Waals surface area contributed by atoms with Gasteiger partial charge in [0.15, 0.2) is 11.5 Å². The highest BCUT2D eigenvalue weighted by atomic mass is 19.3. The van der Waals surface area contributed by atoms with Crippen molar-refractivity contribution in [1.29, 1.82) is 5.26 Å². The molecule has 0 aliphatic heterocycles. The lowest BCUT2D eigenvalue weighted by Crippen LogP contribution is -1.98. The Labute approximate surface area is 92.2 Å². The molecule has 5 heteroatoms. The van der Waals surface area contributed by atoms with E-state index < -0.39 is 6.43 Å². The van der Waals surface area contributed by atoms with Crippen molar-refractivity contribution in [3.63, 3.8) is 0 Å².